The molecule has 1 amide bonds. The monoisotopic (exact) mass is 413 g/mol. The van der Waals surface area contributed by atoms with Gasteiger partial charge in [-0.05, 0) is 45.2 Å². The number of nitrogens with zero attached hydrogens (tertiary/aromatic N) is 2. The van der Waals surface area contributed by atoms with E-state index < -0.39 is 16.9 Å². The predicted octanol–water partition coefficient (Wildman–Crippen LogP) is 2.62. The van der Waals surface area contributed by atoms with Gasteiger partial charge in [-0.2, -0.15) is 0 Å². The molecule has 4 rings (SSSR count). The Bertz CT molecular complexity index is 1070. The number of carbonyl (C=O) groups excluding carboxylic acids is 1. The van der Waals surface area contributed by atoms with Gasteiger partial charge in [-0.25, -0.2) is 9.59 Å². The highest BCUT2D eigenvalue weighted by Gasteiger charge is 2.41. The summed E-state index contributed by atoms with van der Waals surface area (Å²) in [5, 5.41) is 0. The van der Waals surface area contributed by atoms with Gasteiger partial charge in [-0.3, -0.25) is 14.3 Å². The molecule has 1 fully saturated rings. The fourth-order valence-corrected chi connectivity index (χ4v) is 4.04. The molecule has 0 atom stereocenters. The number of hydrogen-bond donors (Lipinski definition) is 1. The van der Waals surface area contributed by atoms with Crippen LogP contribution in [0.3, 0.4) is 0 Å². The minimum atomic E-state index is -0.511. The number of amides is 1. The molecule has 0 unspecified atom stereocenters. The number of benzene rings is 1. The second-order valence-corrected chi connectivity index (χ2v) is 9.02. The second kappa shape index (κ2) is 7.34. The zero-order chi connectivity index (χ0) is 21.5. The molecule has 1 N–H and O–H groups in total. The van der Waals surface area contributed by atoms with Crippen LogP contribution in [0.15, 0.2) is 40.1 Å². The summed E-state index contributed by atoms with van der Waals surface area (Å²) in [4.78, 5) is 39.8. The molecule has 3 heterocycles. The smallest absolute Gasteiger partial charge is 0.410 e. The summed E-state index contributed by atoms with van der Waals surface area (Å²) in [7, 11) is 0. The summed E-state index contributed by atoms with van der Waals surface area (Å²) in [6.07, 6.45) is 4.40. The number of aromatic amines is 1. The van der Waals surface area contributed by atoms with Gasteiger partial charge in [0.1, 0.15) is 17.0 Å². The summed E-state index contributed by atoms with van der Waals surface area (Å²) in [6, 6.07) is 6.97. The Kier molecular flexibility index (Phi) is 4.95. The van der Waals surface area contributed by atoms with Gasteiger partial charge in [0.25, 0.3) is 5.56 Å². The number of piperidine rings is 1. The molecule has 1 spiro atoms. The minimum Gasteiger partial charge on any atom is -0.487 e. The van der Waals surface area contributed by atoms with Crippen molar-refractivity contribution >= 4 is 6.09 Å². The highest BCUT2D eigenvalue weighted by atomic mass is 16.6. The summed E-state index contributed by atoms with van der Waals surface area (Å²) < 4.78 is 13.3. The average Bonchev–Trinajstić information content (AvgIpc) is 2.66. The van der Waals surface area contributed by atoms with Gasteiger partial charge in [0.2, 0.25) is 0 Å². The maximum Gasteiger partial charge on any atom is 0.410 e. The van der Waals surface area contributed by atoms with E-state index in [1.807, 2.05) is 39.0 Å². The van der Waals surface area contributed by atoms with Gasteiger partial charge in [-0.15, -0.1) is 0 Å². The van der Waals surface area contributed by atoms with Crippen LogP contribution in [0.2, 0.25) is 0 Å². The zero-order valence-corrected chi connectivity index (χ0v) is 17.6. The van der Waals surface area contributed by atoms with Crippen molar-refractivity contribution in [2.24, 2.45) is 0 Å². The fourth-order valence-electron chi connectivity index (χ4n) is 4.04. The van der Waals surface area contributed by atoms with Gasteiger partial charge < -0.3 is 14.4 Å². The van der Waals surface area contributed by atoms with Crippen molar-refractivity contribution in [1.29, 1.82) is 0 Å². The zero-order valence-electron chi connectivity index (χ0n) is 17.6. The SMILES string of the molecule is CC(C)(C)OC(=O)N1CCC2(CCc3ccc(-n4ccc(=O)[nH]c4=O)cc3O2)CC1. The molecule has 8 nitrogen and oxygen atoms in total. The van der Waals surface area contributed by atoms with Crippen molar-refractivity contribution in [2.75, 3.05) is 13.1 Å². The van der Waals surface area contributed by atoms with Crippen molar-refractivity contribution in [2.45, 2.75) is 57.7 Å². The number of H-pyrrole nitrogens is 1. The lowest BCUT2D eigenvalue weighted by molar-refractivity contribution is -0.0272. The van der Waals surface area contributed by atoms with Crippen molar-refractivity contribution < 1.29 is 14.3 Å². The lowest BCUT2D eigenvalue weighted by atomic mass is 9.83. The summed E-state index contributed by atoms with van der Waals surface area (Å²) in [6.45, 7) is 6.76. The van der Waals surface area contributed by atoms with Crippen molar-refractivity contribution in [3.8, 4) is 11.4 Å². The summed E-state index contributed by atoms with van der Waals surface area (Å²) in [5.74, 6) is 0.752. The first-order valence-corrected chi connectivity index (χ1v) is 10.3. The number of nitrogens with one attached hydrogen (secondary N) is 1. The Morgan fingerprint density at radius 1 is 1.13 bits per heavy atom. The number of carbonyl (C=O) groups is 1. The van der Waals surface area contributed by atoms with Crippen molar-refractivity contribution in [3.63, 3.8) is 0 Å². The highest BCUT2D eigenvalue weighted by molar-refractivity contribution is 5.68. The maximum absolute atomic E-state index is 12.3. The third kappa shape index (κ3) is 4.13. The van der Waals surface area contributed by atoms with E-state index in [-0.39, 0.29) is 11.7 Å². The van der Waals surface area contributed by atoms with E-state index in [2.05, 4.69) is 4.98 Å². The first-order valence-electron chi connectivity index (χ1n) is 10.3. The summed E-state index contributed by atoms with van der Waals surface area (Å²) in [5.41, 5.74) is -0.0162. The normalized spacial score (nSPS) is 17.9. The van der Waals surface area contributed by atoms with Crippen LogP contribution in [-0.2, 0) is 11.2 Å². The molecule has 0 aliphatic carbocycles. The van der Waals surface area contributed by atoms with E-state index >= 15 is 0 Å². The molecule has 2 aromatic rings. The number of aromatic nitrogens is 2. The Morgan fingerprint density at radius 3 is 2.53 bits per heavy atom. The Morgan fingerprint density at radius 2 is 1.87 bits per heavy atom. The molecule has 160 valence electrons. The van der Waals surface area contributed by atoms with Crippen LogP contribution in [0.1, 0.15) is 45.6 Å². The third-order valence-corrected chi connectivity index (χ3v) is 5.66. The Balaban J connectivity index is 1.50. The van der Waals surface area contributed by atoms with E-state index in [4.69, 9.17) is 9.47 Å². The lowest BCUT2D eigenvalue weighted by Crippen LogP contribution is -2.52. The number of rotatable bonds is 1. The standard InChI is InChI=1S/C22H27N3O5/c1-21(2,3)30-20(28)24-12-9-22(10-13-24)8-6-15-4-5-16(14-17(15)29-22)25-11-7-18(26)23-19(25)27/h4-5,7,11,14H,6,8-10,12-13H2,1-3H3,(H,23,26,27). The molecule has 0 radical (unpaired) electrons. The molecule has 30 heavy (non-hydrogen) atoms. The first kappa shape index (κ1) is 20.3. The molecule has 0 saturated carbocycles. The Labute approximate surface area is 174 Å². The van der Waals surface area contributed by atoms with E-state index in [1.165, 1.54) is 16.8 Å². The molecule has 1 saturated heterocycles. The quantitative estimate of drug-likeness (QED) is 0.776. The van der Waals surface area contributed by atoms with Gasteiger partial charge in [-0.1, -0.05) is 6.07 Å². The molecule has 2 aliphatic heterocycles. The summed E-state index contributed by atoms with van der Waals surface area (Å²) >= 11 is 0. The number of likely N-dealkylation sites (tertiary alicyclic amines) is 1. The average molecular weight is 413 g/mol. The molecule has 8 heteroatoms. The predicted molar refractivity (Wildman–Crippen MR) is 111 cm³/mol. The molecule has 1 aromatic carbocycles. The molecular weight excluding hydrogens is 386 g/mol. The lowest BCUT2D eigenvalue weighted by Gasteiger charge is -2.44. The molecule has 1 aromatic heterocycles. The van der Waals surface area contributed by atoms with E-state index in [1.54, 1.807) is 4.90 Å². The van der Waals surface area contributed by atoms with Gasteiger partial charge in [0.15, 0.2) is 0 Å². The van der Waals surface area contributed by atoms with Crippen LogP contribution < -0.4 is 16.0 Å². The third-order valence-electron chi connectivity index (χ3n) is 5.66. The largest absolute Gasteiger partial charge is 0.487 e. The number of aryl methyl sites for hydroxylation is 1. The van der Waals surface area contributed by atoms with Gasteiger partial charge in [0, 0.05) is 44.3 Å². The van der Waals surface area contributed by atoms with Crippen LogP contribution in [0, 0.1) is 0 Å². The molecular formula is C22H27N3O5. The van der Waals surface area contributed by atoms with Crippen molar-refractivity contribution in [3.05, 3.63) is 56.9 Å². The number of fused-ring (bicyclic) bond motifs is 1. The van der Waals surface area contributed by atoms with E-state index in [0.717, 1.165) is 37.0 Å². The Hall–Kier alpha value is -3.03. The van der Waals surface area contributed by atoms with Crippen molar-refractivity contribution in [1.82, 2.24) is 14.5 Å². The number of ether oxygens (including phenoxy) is 2. The van der Waals surface area contributed by atoms with Crippen LogP contribution in [0.25, 0.3) is 5.69 Å². The fraction of sp³-hybridized carbons (Fsp3) is 0.500. The van der Waals surface area contributed by atoms with Crippen LogP contribution in [-0.4, -0.2) is 44.8 Å². The van der Waals surface area contributed by atoms with Crippen LogP contribution >= 0.6 is 0 Å². The van der Waals surface area contributed by atoms with Gasteiger partial charge >= 0.3 is 11.8 Å². The van der Waals surface area contributed by atoms with Crippen LogP contribution in [0.5, 0.6) is 5.75 Å². The maximum atomic E-state index is 12.3. The molecule has 2 aliphatic rings. The van der Waals surface area contributed by atoms with E-state index in [9.17, 15) is 14.4 Å². The molecule has 0 bridgehead atoms. The number of hydrogen-bond acceptors (Lipinski definition) is 5. The van der Waals surface area contributed by atoms with Crippen LogP contribution in [0.4, 0.5) is 4.79 Å². The topological polar surface area (TPSA) is 93.6 Å². The second-order valence-electron chi connectivity index (χ2n) is 9.02. The first-order chi connectivity index (χ1) is 14.1. The van der Waals surface area contributed by atoms with Gasteiger partial charge in [0.05, 0.1) is 5.69 Å². The van der Waals surface area contributed by atoms with E-state index in [0.29, 0.717) is 18.8 Å². The minimum absolute atomic E-state index is 0.284. The highest BCUT2D eigenvalue weighted by Crippen LogP contribution is 2.40.